The number of Topliss-reactive ketones (excluding diaryl/α,β-unsaturated/α-hetero) is 1. The summed E-state index contributed by atoms with van der Waals surface area (Å²) < 4.78 is 14.4. The Hall–Kier alpha value is -3.22. The maximum absolute atomic E-state index is 14.4. The molecule has 0 saturated carbocycles. The third-order valence-electron chi connectivity index (χ3n) is 5.22. The molecule has 2 amide bonds. The maximum atomic E-state index is 14.4. The first-order valence-electron chi connectivity index (χ1n) is 10.0. The number of amides is 2. The number of nitrogens with one attached hydrogen (secondary N) is 1. The molecule has 1 saturated heterocycles. The number of hydrogen-bond acceptors (Lipinski definition) is 4. The molecule has 7 heteroatoms. The molecular weight excluding hydrogens is 385 g/mol. The van der Waals surface area contributed by atoms with Gasteiger partial charge >= 0.3 is 0 Å². The second-order valence-corrected chi connectivity index (χ2v) is 7.53. The highest BCUT2D eigenvalue weighted by Crippen LogP contribution is 2.22. The average Bonchev–Trinajstić information content (AvgIpc) is 2.74. The van der Waals surface area contributed by atoms with Gasteiger partial charge in [0.05, 0.1) is 5.69 Å². The van der Waals surface area contributed by atoms with Crippen molar-refractivity contribution in [2.45, 2.75) is 26.3 Å². The van der Waals surface area contributed by atoms with Gasteiger partial charge in [0.2, 0.25) is 5.91 Å². The first-order valence-corrected chi connectivity index (χ1v) is 10.0. The molecule has 6 nitrogen and oxygen atoms in total. The zero-order chi connectivity index (χ0) is 21.7. The van der Waals surface area contributed by atoms with Gasteiger partial charge in [-0.3, -0.25) is 14.4 Å². The quantitative estimate of drug-likeness (QED) is 0.742. The number of piperazine rings is 1. The second kappa shape index (κ2) is 9.52. The predicted octanol–water partition coefficient (Wildman–Crippen LogP) is 2.89. The summed E-state index contributed by atoms with van der Waals surface area (Å²) in [7, 11) is 0. The van der Waals surface area contributed by atoms with Crippen molar-refractivity contribution >= 4 is 23.3 Å². The largest absolute Gasteiger partial charge is 0.366 e. The molecule has 1 fully saturated rings. The van der Waals surface area contributed by atoms with E-state index >= 15 is 0 Å². The minimum absolute atomic E-state index is 0.0390. The molecule has 1 heterocycles. The van der Waals surface area contributed by atoms with Crippen LogP contribution < -0.4 is 10.2 Å². The van der Waals surface area contributed by atoms with Crippen LogP contribution in [-0.2, 0) is 4.79 Å². The molecule has 2 aromatic carbocycles. The molecule has 0 spiro atoms. The van der Waals surface area contributed by atoms with Crippen LogP contribution in [-0.4, -0.2) is 54.7 Å². The lowest BCUT2D eigenvalue weighted by atomic mass is 10.1. The molecule has 2 aromatic rings. The molecule has 1 atom stereocenters. The van der Waals surface area contributed by atoms with Crippen LogP contribution >= 0.6 is 0 Å². The number of nitrogens with zero attached hydrogens (tertiary/aromatic N) is 2. The summed E-state index contributed by atoms with van der Waals surface area (Å²) in [5.74, 6) is -0.850. The van der Waals surface area contributed by atoms with E-state index in [0.29, 0.717) is 43.0 Å². The number of ketones is 1. The summed E-state index contributed by atoms with van der Waals surface area (Å²) in [4.78, 5) is 39.8. The Morgan fingerprint density at radius 1 is 1.00 bits per heavy atom. The van der Waals surface area contributed by atoms with Crippen molar-refractivity contribution in [1.82, 2.24) is 10.2 Å². The Morgan fingerprint density at radius 3 is 2.27 bits per heavy atom. The Labute approximate surface area is 175 Å². The van der Waals surface area contributed by atoms with Gasteiger partial charge in [-0.25, -0.2) is 4.39 Å². The van der Waals surface area contributed by atoms with Crippen LogP contribution in [0.15, 0.2) is 48.5 Å². The summed E-state index contributed by atoms with van der Waals surface area (Å²) >= 11 is 0. The van der Waals surface area contributed by atoms with Crippen LogP contribution in [0.3, 0.4) is 0 Å². The number of carbonyl (C=O) groups is 3. The molecular formula is C23H26FN3O3. The molecule has 0 aliphatic carbocycles. The monoisotopic (exact) mass is 411 g/mol. The Bertz CT molecular complexity index is 925. The Kier molecular flexibility index (Phi) is 6.82. The lowest BCUT2D eigenvalue weighted by Crippen LogP contribution is -2.50. The minimum atomic E-state index is -0.431. The van der Waals surface area contributed by atoms with E-state index in [1.165, 1.54) is 13.0 Å². The number of halogens is 1. The predicted molar refractivity (Wildman–Crippen MR) is 113 cm³/mol. The van der Waals surface area contributed by atoms with Crippen LogP contribution in [0.2, 0.25) is 0 Å². The first kappa shape index (κ1) is 21.5. The molecule has 1 N–H and O–H groups in total. The maximum Gasteiger partial charge on any atom is 0.251 e. The summed E-state index contributed by atoms with van der Waals surface area (Å²) in [6.07, 6.45) is 0.209. The molecule has 0 bridgehead atoms. The van der Waals surface area contributed by atoms with Crippen LogP contribution in [0.4, 0.5) is 10.1 Å². The molecule has 158 valence electrons. The van der Waals surface area contributed by atoms with Gasteiger partial charge in [-0.1, -0.05) is 18.2 Å². The van der Waals surface area contributed by atoms with E-state index in [-0.39, 0.29) is 30.1 Å². The molecule has 1 aliphatic rings. The highest BCUT2D eigenvalue weighted by Gasteiger charge is 2.24. The normalized spacial score (nSPS) is 14.9. The summed E-state index contributed by atoms with van der Waals surface area (Å²) in [6, 6.07) is 13.1. The van der Waals surface area contributed by atoms with Gasteiger partial charge in [-0.15, -0.1) is 0 Å². The molecule has 0 radical (unpaired) electrons. The van der Waals surface area contributed by atoms with Crippen molar-refractivity contribution in [3.05, 3.63) is 65.5 Å². The summed E-state index contributed by atoms with van der Waals surface area (Å²) in [5, 5.41) is 2.85. The molecule has 1 aliphatic heterocycles. The van der Waals surface area contributed by atoms with Crippen LogP contribution in [0.5, 0.6) is 0 Å². The van der Waals surface area contributed by atoms with Crippen molar-refractivity contribution in [3.8, 4) is 0 Å². The van der Waals surface area contributed by atoms with Gasteiger partial charge in [-0.2, -0.15) is 0 Å². The van der Waals surface area contributed by atoms with Gasteiger partial charge in [0.25, 0.3) is 5.91 Å². The topological polar surface area (TPSA) is 69.7 Å². The van der Waals surface area contributed by atoms with Crippen LogP contribution in [0.1, 0.15) is 41.0 Å². The standard InChI is InChI=1S/C23H26FN3O3/c1-16(25-23(30)18-6-4-3-5-7-18)14-22(29)27-12-10-26(11-13-27)21-9-8-19(17(2)28)15-20(21)24/h3-9,15-16H,10-14H2,1-2H3,(H,25,30). The molecule has 3 rings (SSSR count). The van der Waals surface area contributed by atoms with Crippen LogP contribution in [0, 0.1) is 5.82 Å². The fourth-order valence-corrected chi connectivity index (χ4v) is 3.52. The fraction of sp³-hybridized carbons (Fsp3) is 0.348. The van der Waals surface area contributed by atoms with Gasteiger partial charge < -0.3 is 15.1 Å². The third-order valence-corrected chi connectivity index (χ3v) is 5.22. The smallest absolute Gasteiger partial charge is 0.251 e. The van der Waals surface area contributed by atoms with E-state index in [2.05, 4.69) is 5.32 Å². The van der Waals surface area contributed by atoms with Gasteiger partial charge in [0, 0.05) is 49.8 Å². The van der Waals surface area contributed by atoms with E-state index in [4.69, 9.17) is 0 Å². The fourth-order valence-electron chi connectivity index (χ4n) is 3.52. The number of carbonyl (C=O) groups excluding carboxylic acids is 3. The van der Waals surface area contributed by atoms with Crippen LogP contribution in [0.25, 0.3) is 0 Å². The van der Waals surface area contributed by atoms with Gasteiger partial charge in [0.15, 0.2) is 5.78 Å². The number of hydrogen-bond donors (Lipinski definition) is 1. The van der Waals surface area contributed by atoms with E-state index in [1.54, 1.807) is 48.2 Å². The second-order valence-electron chi connectivity index (χ2n) is 7.53. The van der Waals surface area contributed by atoms with E-state index in [1.807, 2.05) is 11.0 Å². The van der Waals surface area contributed by atoms with Crippen molar-refractivity contribution < 1.29 is 18.8 Å². The first-order chi connectivity index (χ1) is 14.3. The molecule has 0 aromatic heterocycles. The van der Waals surface area contributed by atoms with Gasteiger partial charge in [0.1, 0.15) is 5.82 Å². The minimum Gasteiger partial charge on any atom is -0.366 e. The van der Waals surface area contributed by atoms with Crippen molar-refractivity contribution in [2.24, 2.45) is 0 Å². The number of rotatable bonds is 6. The van der Waals surface area contributed by atoms with E-state index in [9.17, 15) is 18.8 Å². The molecule has 1 unspecified atom stereocenters. The highest BCUT2D eigenvalue weighted by molar-refractivity contribution is 5.95. The van der Waals surface area contributed by atoms with Crippen molar-refractivity contribution in [3.63, 3.8) is 0 Å². The number of benzene rings is 2. The zero-order valence-electron chi connectivity index (χ0n) is 17.2. The lowest BCUT2D eigenvalue weighted by molar-refractivity contribution is -0.131. The lowest BCUT2D eigenvalue weighted by Gasteiger charge is -2.36. The summed E-state index contributed by atoms with van der Waals surface area (Å²) in [5.41, 5.74) is 1.34. The van der Waals surface area contributed by atoms with Crippen molar-refractivity contribution in [2.75, 3.05) is 31.1 Å². The van der Waals surface area contributed by atoms with E-state index in [0.717, 1.165) is 0 Å². The zero-order valence-corrected chi connectivity index (χ0v) is 17.2. The Morgan fingerprint density at radius 2 is 1.67 bits per heavy atom. The van der Waals surface area contributed by atoms with Gasteiger partial charge in [-0.05, 0) is 44.2 Å². The summed E-state index contributed by atoms with van der Waals surface area (Å²) in [6.45, 7) is 5.18. The number of anilines is 1. The Balaban J connectivity index is 1.50. The average molecular weight is 411 g/mol. The highest BCUT2D eigenvalue weighted by atomic mass is 19.1. The molecule has 30 heavy (non-hydrogen) atoms. The third kappa shape index (κ3) is 5.23. The SMILES string of the molecule is CC(=O)c1ccc(N2CCN(C(=O)CC(C)NC(=O)c3ccccc3)CC2)c(F)c1. The van der Waals surface area contributed by atoms with E-state index < -0.39 is 5.82 Å². The van der Waals surface area contributed by atoms with Crippen molar-refractivity contribution in [1.29, 1.82) is 0 Å².